The largest absolute Gasteiger partial charge is 0.480 e. The van der Waals surface area contributed by atoms with E-state index in [1.807, 2.05) is 6.07 Å². The fourth-order valence-corrected chi connectivity index (χ4v) is 1.66. The molecule has 0 saturated heterocycles. The minimum absolute atomic E-state index is 0.0367. The van der Waals surface area contributed by atoms with Crippen LogP contribution in [0.4, 0.5) is 4.39 Å². The van der Waals surface area contributed by atoms with E-state index in [2.05, 4.69) is 5.32 Å². The van der Waals surface area contributed by atoms with Gasteiger partial charge in [0.2, 0.25) is 5.91 Å². The summed E-state index contributed by atoms with van der Waals surface area (Å²) in [6, 6.07) is 6.21. The maximum Gasteiger partial charge on any atom is 0.326 e. The van der Waals surface area contributed by atoms with Gasteiger partial charge in [-0.1, -0.05) is 12.1 Å². The number of carboxylic acids is 1. The number of hydrogen-bond donors (Lipinski definition) is 2. The standard InChI is InChI=1S/C14H15FN2O3/c1-9(8-16)6-12(14(19)20)17-13(18)7-10-2-4-11(15)5-3-10/h2-5,9,12H,6-7H2,1H3,(H,17,18)(H,19,20)/t9-,12-/m1/s1. The molecule has 0 aliphatic carbocycles. The van der Waals surface area contributed by atoms with Crippen molar-refractivity contribution in [2.45, 2.75) is 25.8 Å². The van der Waals surface area contributed by atoms with Crippen molar-refractivity contribution in [1.29, 1.82) is 5.26 Å². The molecular formula is C14H15FN2O3. The first-order valence-corrected chi connectivity index (χ1v) is 6.08. The van der Waals surface area contributed by atoms with Crippen molar-refractivity contribution in [3.63, 3.8) is 0 Å². The fourth-order valence-electron chi connectivity index (χ4n) is 1.66. The van der Waals surface area contributed by atoms with Crippen molar-refractivity contribution in [2.75, 3.05) is 0 Å². The summed E-state index contributed by atoms with van der Waals surface area (Å²) >= 11 is 0. The molecule has 2 N–H and O–H groups in total. The zero-order chi connectivity index (χ0) is 15.1. The molecule has 0 radical (unpaired) electrons. The van der Waals surface area contributed by atoms with Crippen molar-refractivity contribution in [1.82, 2.24) is 5.32 Å². The third kappa shape index (κ3) is 5.06. The quantitative estimate of drug-likeness (QED) is 0.824. The monoisotopic (exact) mass is 278 g/mol. The van der Waals surface area contributed by atoms with Gasteiger partial charge >= 0.3 is 5.97 Å². The van der Waals surface area contributed by atoms with Gasteiger partial charge < -0.3 is 10.4 Å². The minimum atomic E-state index is -1.18. The van der Waals surface area contributed by atoms with Crippen molar-refractivity contribution < 1.29 is 19.1 Å². The van der Waals surface area contributed by atoms with Crippen molar-refractivity contribution in [2.24, 2.45) is 5.92 Å². The van der Waals surface area contributed by atoms with Crippen LogP contribution in [0.5, 0.6) is 0 Å². The summed E-state index contributed by atoms with van der Waals surface area (Å²) in [5, 5.41) is 20.0. The molecule has 0 heterocycles. The first-order valence-electron chi connectivity index (χ1n) is 6.08. The molecule has 0 aliphatic rings. The highest BCUT2D eigenvalue weighted by Gasteiger charge is 2.22. The van der Waals surface area contributed by atoms with E-state index in [1.54, 1.807) is 6.92 Å². The van der Waals surface area contributed by atoms with Crippen LogP contribution in [0.15, 0.2) is 24.3 Å². The first kappa shape index (κ1) is 15.6. The van der Waals surface area contributed by atoms with Crippen molar-refractivity contribution in [3.8, 4) is 6.07 Å². The number of carbonyl (C=O) groups is 2. The highest BCUT2D eigenvalue weighted by atomic mass is 19.1. The fraction of sp³-hybridized carbons (Fsp3) is 0.357. The van der Waals surface area contributed by atoms with E-state index in [4.69, 9.17) is 10.4 Å². The number of nitrogens with one attached hydrogen (secondary N) is 1. The van der Waals surface area contributed by atoms with Gasteiger partial charge in [-0.05, 0) is 31.0 Å². The zero-order valence-electron chi connectivity index (χ0n) is 11.0. The predicted octanol–water partition coefficient (Wildman–Crippen LogP) is 1.49. The molecule has 6 heteroatoms. The molecule has 1 aromatic carbocycles. The van der Waals surface area contributed by atoms with E-state index in [1.165, 1.54) is 24.3 Å². The molecule has 20 heavy (non-hydrogen) atoms. The van der Waals surface area contributed by atoms with Gasteiger partial charge in [-0.25, -0.2) is 9.18 Å². The van der Waals surface area contributed by atoms with E-state index in [9.17, 15) is 14.0 Å². The lowest BCUT2D eigenvalue weighted by molar-refractivity contribution is -0.142. The molecular weight excluding hydrogens is 263 g/mol. The number of carboxylic acid groups (broad SMARTS) is 1. The highest BCUT2D eigenvalue weighted by Crippen LogP contribution is 2.07. The number of aliphatic carboxylic acids is 1. The summed E-state index contributed by atoms with van der Waals surface area (Å²) in [5.41, 5.74) is 0.585. The smallest absolute Gasteiger partial charge is 0.326 e. The van der Waals surface area contributed by atoms with E-state index < -0.39 is 29.7 Å². The molecule has 1 aromatic rings. The Morgan fingerprint density at radius 3 is 2.50 bits per heavy atom. The number of carbonyl (C=O) groups excluding carboxylic acids is 1. The first-order chi connectivity index (χ1) is 9.42. The zero-order valence-corrected chi connectivity index (χ0v) is 11.0. The van der Waals surface area contributed by atoms with Crippen molar-refractivity contribution in [3.05, 3.63) is 35.6 Å². The van der Waals surface area contributed by atoms with Crippen LogP contribution in [0.1, 0.15) is 18.9 Å². The van der Waals surface area contributed by atoms with E-state index in [0.29, 0.717) is 5.56 Å². The molecule has 1 rings (SSSR count). The molecule has 0 unspecified atom stereocenters. The van der Waals surface area contributed by atoms with Crippen LogP contribution in [0.2, 0.25) is 0 Å². The summed E-state index contributed by atoms with van der Waals surface area (Å²) in [6.45, 7) is 1.59. The van der Waals surface area contributed by atoms with Gasteiger partial charge in [0.05, 0.1) is 12.5 Å². The van der Waals surface area contributed by atoms with Gasteiger partial charge in [0.15, 0.2) is 0 Å². The number of nitrogens with zero attached hydrogens (tertiary/aromatic N) is 1. The van der Waals surface area contributed by atoms with Gasteiger partial charge in [-0.3, -0.25) is 4.79 Å². The Morgan fingerprint density at radius 1 is 1.40 bits per heavy atom. The molecule has 0 bridgehead atoms. The van der Waals surface area contributed by atoms with Gasteiger partial charge in [-0.15, -0.1) is 0 Å². The average Bonchev–Trinajstić information content (AvgIpc) is 2.40. The second kappa shape index (κ2) is 7.24. The Hall–Kier alpha value is -2.42. The Morgan fingerprint density at radius 2 is 2.00 bits per heavy atom. The topological polar surface area (TPSA) is 90.2 Å². The molecule has 5 nitrogen and oxygen atoms in total. The van der Waals surface area contributed by atoms with Crippen LogP contribution in [-0.4, -0.2) is 23.0 Å². The van der Waals surface area contributed by atoms with Gasteiger partial charge in [0.1, 0.15) is 11.9 Å². The second-order valence-electron chi connectivity index (χ2n) is 4.53. The maximum absolute atomic E-state index is 12.7. The number of hydrogen-bond acceptors (Lipinski definition) is 3. The highest BCUT2D eigenvalue weighted by molar-refractivity contribution is 5.84. The summed E-state index contributed by atoms with van der Waals surface area (Å²) in [5.74, 6) is -2.53. The molecule has 0 spiro atoms. The molecule has 0 saturated carbocycles. The number of rotatable bonds is 6. The van der Waals surface area contributed by atoms with Crippen LogP contribution in [0.25, 0.3) is 0 Å². The third-order valence-corrected chi connectivity index (χ3v) is 2.72. The number of nitriles is 1. The van der Waals surface area contributed by atoms with Crippen LogP contribution in [0.3, 0.4) is 0 Å². The summed E-state index contributed by atoms with van der Waals surface area (Å²) in [6.07, 6.45) is 0.00594. The van der Waals surface area contributed by atoms with Gasteiger partial charge in [-0.2, -0.15) is 5.26 Å². The summed E-state index contributed by atoms with van der Waals surface area (Å²) in [7, 11) is 0. The molecule has 0 aromatic heterocycles. The Kier molecular flexibility index (Phi) is 5.66. The van der Waals surface area contributed by atoms with Crippen LogP contribution >= 0.6 is 0 Å². The third-order valence-electron chi connectivity index (χ3n) is 2.72. The average molecular weight is 278 g/mol. The van der Waals surface area contributed by atoms with Crippen LogP contribution in [-0.2, 0) is 16.0 Å². The van der Waals surface area contributed by atoms with Gasteiger partial charge in [0.25, 0.3) is 0 Å². The molecule has 2 atom stereocenters. The summed E-state index contributed by atoms with van der Waals surface area (Å²) < 4.78 is 12.7. The maximum atomic E-state index is 12.7. The number of amides is 1. The van der Waals surface area contributed by atoms with Crippen LogP contribution < -0.4 is 5.32 Å². The molecule has 1 amide bonds. The Balaban J connectivity index is 2.60. The number of halogens is 1. The normalized spacial score (nSPS) is 13.1. The van der Waals surface area contributed by atoms with E-state index in [-0.39, 0.29) is 12.8 Å². The predicted molar refractivity (Wildman–Crippen MR) is 69.1 cm³/mol. The van der Waals surface area contributed by atoms with Crippen LogP contribution in [0, 0.1) is 23.1 Å². The lowest BCUT2D eigenvalue weighted by Crippen LogP contribution is -2.42. The minimum Gasteiger partial charge on any atom is -0.480 e. The Bertz CT molecular complexity index is 522. The lowest BCUT2D eigenvalue weighted by Gasteiger charge is -2.15. The van der Waals surface area contributed by atoms with E-state index in [0.717, 1.165) is 0 Å². The van der Waals surface area contributed by atoms with Crippen molar-refractivity contribution >= 4 is 11.9 Å². The molecule has 0 fully saturated rings. The molecule has 0 aliphatic heterocycles. The van der Waals surface area contributed by atoms with Gasteiger partial charge in [0, 0.05) is 5.92 Å². The SMILES string of the molecule is C[C@@H](C#N)C[C@@H](NC(=O)Cc1ccc(F)cc1)C(=O)O. The molecule has 106 valence electrons. The summed E-state index contributed by atoms with van der Waals surface area (Å²) in [4.78, 5) is 22.7. The van der Waals surface area contributed by atoms with E-state index >= 15 is 0 Å². The number of benzene rings is 1. The second-order valence-corrected chi connectivity index (χ2v) is 4.53. The Labute approximate surface area is 116 Å². The lowest BCUT2D eigenvalue weighted by atomic mass is 10.0.